The maximum absolute atomic E-state index is 9.09. The van der Waals surface area contributed by atoms with Crippen LogP contribution in [0, 0.1) is 11.5 Å². The fourth-order valence-corrected chi connectivity index (χ4v) is 3.25. The van der Waals surface area contributed by atoms with Crippen LogP contribution in [0.2, 0.25) is 0 Å². The molecule has 3 rings (SSSR count). The van der Waals surface area contributed by atoms with E-state index in [-0.39, 0.29) is 0 Å². The summed E-state index contributed by atoms with van der Waals surface area (Å²) in [7, 11) is 0. The predicted octanol–water partition coefficient (Wildman–Crippen LogP) is 3.78. The number of piperidine rings is 1. The van der Waals surface area contributed by atoms with Gasteiger partial charge in [0.15, 0.2) is 6.19 Å². The van der Waals surface area contributed by atoms with Gasteiger partial charge in [0, 0.05) is 19.1 Å². The number of nitrogens with two attached hydrogens (primary N) is 1. The molecule has 1 aliphatic heterocycles. The van der Waals surface area contributed by atoms with Crippen molar-refractivity contribution in [2.45, 2.75) is 65.5 Å². The third-order valence-corrected chi connectivity index (χ3v) is 4.19. The van der Waals surface area contributed by atoms with Crippen molar-refractivity contribution >= 4 is 0 Å². The van der Waals surface area contributed by atoms with Crippen LogP contribution in [0.5, 0.6) is 0 Å². The average molecular weight is 287 g/mol. The number of hydrogen-bond donors (Lipinski definition) is 1. The van der Waals surface area contributed by atoms with E-state index in [4.69, 9.17) is 11.0 Å². The highest BCUT2D eigenvalue weighted by molar-refractivity contribution is 5.38. The average Bonchev–Trinajstić information content (AvgIpc) is 2.58. The van der Waals surface area contributed by atoms with Crippen molar-refractivity contribution < 1.29 is 0 Å². The minimum atomic E-state index is 0.426. The molecule has 0 aromatic heterocycles. The van der Waals surface area contributed by atoms with Crippen molar-refractivity contribution in [1.82, 2.24) is 4.90 Å². The van der Waals surface area contributed by atoms with Crippen LogP contribution in [0.1, 0.15) is 63.1 Å². The van der Waals surface area contributed by atoms with E-state index in [1.807, 2.05) is 32.6 Å². The molecule has 3 nitrogen and oxygen atoms in total. The lowest BCUT2D eigenvalue weighted by Gasteiger charge is -2.41. The first-order valence-electron chi connectivity index (χ1n) is 8.30. The van der Waals surface area contributed by atoms with Crippen LogP contribution in [0.15, 0.2) is 18.2 Å². The van der Waals surface area contributed by atoms with E-state index < -0.39 is 0 Å². The lowest BCUT2D eigenvalue weighted by Crippen LogP contribution is -2.43. The van der Waals surface area contributed by atoms with E-state index in [1.54, 1.807) is 0 Å². The molecule has 0 radical (unpaired) electrons. The second kappa shape index (κ2) is 8.69. The number of nitriles is 1. The lowest BCUT2D eigenvalue weighted by atomic mass is 9.75. The fourth-order valence-electron chi connectivity index (χ4n) is 3.25. The standard InChI is InChI=1S/C14H17N3.2C2H6/c15-8-10-1-2-11-6-13-7-12(14(11)5-10)3-4-17(13)9-16;2*1-2/h1-2,5,12-13H,3-4,6-8,15H2;2*1-2H3. The van der Waals surface area contributed by atoms with E-state index in [1.165, 1.54) is 16.7 Å². The summed E-state index contributed by atoms with van der Waals surface area (Å²) in [6.07, 6.45) is 5.58. The van der Waals surface area contributed by atoms with Crippen LogP contribution in [-0.2, 0) is 13.0 Å². The highest BCUT2D eigenvalue weighted by Crippen LogP contribution is 2.39. The topological polar surface area (TPSA) is 53.0 Å². The van der Waals surface area contributed by atoms with E-state index in [0.717, 1.165) is 25.8 Å². The van der Waals surface area contributed by atoms with Crippen molar-refractivity contribution in [1.29, 1.82) is 5.26 Å². The summed E-state index contributed by atoms with van der Waals surface area (Å²) in [5.74, 6) is 0.639. The Kier molecular flexibility index (Phi) is 7.25. The Balaban J connectivity index is 0.000000510. The van der Waals surface area contributed by atoms with Crippen molar-refractivity contribution in [3.05, 3.63) is 34.9 Å². The van der Waals surface area contributed by atoms with Crippen LogP contribution in [-0.4, -0.2) is 17.5 Å². The number of likely N-dealkylation sites (tertiary alicyclic amines) is 1. The summed E-state index contributed by atoms with van der Waals surface area (Å²) in [6.45, 7) is 9.53. The van der Waals surface area contributed by atoms with Gasteiger partial charge in [-0.1, -0.05) is 45.9 Å². The zero-order valence-electron chi connectivity index (χ0n) is 13.9. The van der Waals surface area contributed by atoms with E-state index in [9.17, 15) is 0 Å². The lowest BCUT2D eigenvalue weighted by molar-refractivity contribution is 0.190. The number of fused-ring (bicyclic) bond motifs is 4. The minimum Gasteiger partial charge on any atom is -0.326 e. The van der Waals surface area contributed by atoms with Crippen LogP contribution in [0.25, 0.3) is 0 Å². The molecule has 116 valence electrons. The maximum Gasteiger partial charge on any atom is 0.179 e. The molecule has 1 saturated heterocycles. The van der Waals surface area contributed by atoms with Gasteiger partial charge in [0.05, 0.1) is 0 Å². The molecule has 2 unspecified atom stereocenters. The van der Waals surface area contributed by atoms with Gasteiger partial charge in [-0.3, -0.25) is 0 Å². The van der Waals surface area contributed by atoms with E-state index in [0.29, 0.717) is 18.5 Å². The van der Waals surface area contributed by atoms with Crippen molar-refractivity contribution in [3.8, 4) is 6.19 Å². The van der Waals surface area contributed by atoms with Crippen molar-refractivity contribution in [3.63, 3.8) is 0 Å². The van der Waals surface area contributed by atoms with Crippen LogP contribution in [0.4, 0.5) is 0 Å². The van der Waals surface area contributed by atoms with Gasteiger partial charge >= 0.3 is 0 Å². The Bertz CT molecular complexity index is 476. The summed E-state index contributed by atoms with van der Waals surface area (Å²) < 4.78 is 0. The Hall–Kier alpha value is -1.53. The molecule has 21 heavy (non-hydrogen) atoms. The molecular weight excluding hydrogens is 258 g/mol. The summed E-state index contributed by atoms with van der Waals surface area (Å²) >= 11 is 0. The molecule has 3 heteroatoms. The summed E-state index contributed by atoms with van der Waals surface area (Å²) in [6, 6.07) is 7.03. The van der Waals surface area contributed by atoms with Gasteiger partial charge in [0.1, 0.15) is 0 Å². The fraction of sp³-hybridized carbons (Fsp3) is 0.611. The SMILES string of the molecule is CC.CC.N#CN1CCC2CC1Cc1ccc(CN)cc12. The Morgan fingerprint density at radius 3 is 2.62 bits per heavy atom. The van der Waals surface area contributed by atoms with Crippen LogP contribution < -0.4 is 5.73 Å². The first-order chi connectivity index (χ1) is 10.3. The molecule has 1 fully saturated rings. The van der Waals surface area contributed by atoms with E-state index >= 15 is 0 Å². The molecule has 2 atom stereocenters. The Labute approximate surface area is 129 Å². The van der Waals surface area contributed by atoms with Gasteiger partial charge < -0.3 is 10.6 Å². The summed E-state index contributed by atoms with van der Waals surface area (Å²) in [5.41, 5.74) is 9.84. The smallest absolute Gasteiger partial charge is 0.179 e. The molecule has 2 aliphatic rings. The van der Waals surface area contributed by atoms with Crippen LogP contribution in [0.3, 0.4) is 0 Å². The first kappa shape index (κ1) is 17.5. The molecule has 0 spiro atoms. The van der Waals surface area contributed by atoms with Crippen LogP contribution >= 0.6 is 0 Å². The van der Waals surface area contributed by atoms with Gasteiger partial charge in [-0.15, -0.1) is 0 Å². The Morgan fingerprint density at radius 1 is 1.29 bits per heavy atom. The first-order valence-corrected chi connectivity index (χ1v) is 8.30. The molecule has 2 N–H and O–H groups in total. The number of nitrogens with zero attached hydrogens (tertiary/aromatic N) is 2. The van der Waals surface area contributed by atoms with Gasteiger partial charge in [-0.2, -0.15) is 5.26 Å². The normalized spacial score (nSPS) is 21.8. The summed E-state index contributed by atoms with van der Waals surface area (Å²) in [4.78, 5) is 1.95. The Morgan fingerprint density at radius 2 is 2.00 bits per heavy atom. The molecule has 1 aromatic carbocycles. The molecule has 1 heterocycles. The minimum absolute atomic E-state index is 0.426. The van der Waals surface area contributed by atoms with E-state index in [2.05, 4.69) is 24.4 Å². The number of rotatable bonds is 1. The number of hydrogen-bond acceptors (Lipinski definition) is 3. The van der Waals surface area contributed by atoms with Crippen molar-refractivity contribution in [2.75, 3.05) is 6.54 Å². The molecule has 1 aliphatic carbocycles. The quantitative estimate of drug-likeness (QED) is 0.800. The molecular formula is C18H29N3. The summed E-state index contributed by atoms with van der Waals surface area (Å²) in [5, 5.41) is 9.09. The van der Waals surface area contributed by atoms with Gasteiger partial charge in [0.2, 0.25) is 0 Å². The maximum atomic E-state index is 9.09. The predicted molar refractivity (Wildman–Crippen MR) is 88.8 cm³/mol. The number of benzene rings is 1. The van der Waals surface area contributed by atoms with Gasteiger partial charge in [-0.05, 0) is 41.9 Å². The van der Waals surface area contributed by atoms with Gasteiger partial charge in [0.25, 0.3) is 0 Å². The monoisotopic (exact) mass is 287 g/mol. The molecule has 0 amide bonds. The molecule has 2 bridgehead atoms. The zero-order valence-corrected chi connectivity index (χ0v) is 13.9. The van der Waals surface area contributed by atoms with Gasteiger partial charge in [-0.25, -0.2) is 0 Å². The third kappa shape index (κ3) is 3.77. The second-order valence-corrected chi connectivity index (χ2v) is 5.11. The molecule has 0 saturated carbocycles. The highest BCUT2D eigenvalue weighted by atomic mass is 15.2. The highest BCUT2D eigenvalue weighted by Gasteiger charge is 2.34. The second-order valence-electron chi connectivity index (χ2n) is 5.11. The van der Waals surface area contributed by atoms with Crippen molar-refractivity contribution in [2.24, 2.45) is 5.73 Å². The third-order valence-electron chi connectivity index (χ3n) is 4.19. The zero-order chi connectivity index (χ0) is 15.8. The molecule has 1 aromatic rings. The largest absolute Gasteiger partial charge is 0.326 e.